The van der Waals surface area contributed by atoms with Gasteiger partial charge >= 0.3 is 5.97 Å². The number of amides is 1. The highest BCUT2D eigenvalue weighted by molar-refractivity contribution is 5.97. The molecule has 0 heterocycles. The van der Waals surface area contributed by atoms with Crippen LogP contribution in [0.25, 0.3) is 0 Å². The van der Waals surface area contributed by atoms with Crippen molar-refractivity contribution in [3.05, 3.63) is 29.3 Å². The third kappa shape index (κ3) is 2.70. The van der Waals surface area contributed by atoms with Crippen LogP contribution >= 0.6 is 0 Å². The number of nitrogens with one attached hydrogen (secondary N) is 1. The molecular formula is C14H18N2O3. The summed E-state index contributed by atoms with van der Waals surface area (Å²) in [7, 11) is 0. The normalized spacial score (nSPS) is 22.2. The van der Waals surface area contributed by atoms with E-state index in [0.29, 0.717) is 24.1 Å². The lowest BCUT2D eigenvalue weighted by atomic mass is 10.0. The van der Waals surface area contributed by atoms with Crippen LogP contribution in [0.1, 0.15) is 35.2 Å². The molecule has 5 heteroatoms. The van der Waals surface area contributed by atoms with E-state index in [1.165, 1.54) is 0 Å². The number of hydrogen-bond donors (Lipinski definition) is 3. The quantitative estimate of drug-likeness (QED) is 0.721. The lowest BCUT2D eigenvalue weighted by Crippen LogP contribution is -2.40. The smallest absolute Gasteiger partial charge is 0.308 e. The average Bonchev–Trinajstić information content (AvgIpc) is 2.80. The van der Waals surface area contributed by atoms with Gasteiger partial charge in [0.25, 0.3) is 5.91 Å². The van der Waals surface area contributed by atoms with E-state index in [2.05, 4.69) is 5.32 Å². The Morgan fingerprint density at radius 3 is 2.79 bits per heavy atom. The molecule has 0 spiro atoms. The first-order valence-electron chi connectivity index (χ1n) is 6.39. The second-order valence-electron chi connectivity index (χ2n) is 4.98. The van der Waals surface area contributed by atoms with Crippen molar-refractivity contribution >= 4 is 17.6 Å². The highest BCUT2D eigenvalue weighted by atomic mass is 16.4. The lowest BCUT2D eigenvalue weighted by Gasteiger charge is -2.18. The highest BCUT2D eigenvalue weighted by Crippen LogP contribution is 2.26. The van der Waals surface area contributed by atoms with Crippen molar-refractivity contribution in [2.24, 2.45) is 5.92 Å². The summed E-state index contributed by atoms with van der Waals surface area (Å²) < 4.78 is 0. The molecule has 1 aromatic rings. The molecule has 0 bridgehead atoms. The molecule has 1 fully saturated rings. The van der Waals surface area contributed by atoms with Crippen LogP contribution in [0, 0.1) is 12.8 Å². The molecule has 1 aliphatic rings. The molecule has 5 nitrogen and oxygen atoms in total. The number of anilines is 1. The summed E-state index contributed by atoms with van der Waals surface area (Å²) in [5.41, 5.74) is 7.57. The maximum atomic E-state index is 12.2. The molecule has 0 radical (unpaired) electrons. The summed E-state index contributed by atoms with van der Waals surface area (Å²) in [4.78, 5) is 23.3. The Morgan fingerprint density at radius 2 is 2.11 bits per heavy atom. The number of nitrogens with two attached hydrogens (primary N) is 1. The first-order valence-corrected chi connectivity index (χ1v) is 6.39. The zero-order valence-corrected chi connectivity index (χ0v) is 10.8. The van der Waals surface area contributed by atoms with E-state index in [1.54, 1.807) is 25.1 Å². The van der Waals surface area contributed by atoms with Crippen LogP contribution in [0.15, 0.2) is 18.2 Å². The van der Waals surface area contributed by atoms with E-state index in [-0.39, 0.29) is 11.9 Å². The van der Waals surface area contributed by atoms with Crippen LogP contribution in [0.4, 0.5) is 5.69 Å². The lowest BCUT2D eigenvalue weighted by molar-refractivity contribution is -0.142. The number of hydrogen-bond acceptors (Lipinski definition) is 3. The number of rotatable bonds is 3. The first-order chi connectivity index (χ1) is 9.00. The molecule has 102 valence electrons. The molecule has 2 unspecified atom stereocenters. The fraction of sp³-hybridized carbons (Fsp3) is 0.429. The topological polar surface area (TPSA) is 92.4 Å². The maximum absolute atomic E-state index is 12.2. The van der Waals surface area contributed by atoms with Crippen molar-refractivity contribution < 1.29 is 14.7 Å². The molecule has 1 amide bonds. The van der Waals surface area contributed by atoms with E-state index in [0.717, 1.165) is 12.0 Å². The second-order valence-corrected chi connectivity index (χ2v) is 4.98. The van der Waals surface area contributed by atoms with Crippen LogP contribution in [-0.4, -0.2) is 23.0 Å². The van der Waals surface area contributed by atoms with Gasteiger partial charge < -0.3 is 16.2 Å². The van der Waals surface area contributed by atoms with Gasteiger partial charge in [0, 0.05) is 17.3 Å². The van der Waals surface area contributed by atoms with Crippen LogP contribution in [0.2, 0.25) is 0 Å². The minimum absolute atomic E-state index is 0.247. The number of carboxylic acid groups (broad SMARTS) is 1. The molecule has 2 rings (SSSR count). The number of aliphatic carboxylic acids is 1. The van der Waals surface area contributed by atoms with Crippen molar-refractivity contribution in [2.45, 2.75) is 32.2 Å². The number of carboxylic acids is 1. The zero-order chi connectivity index (χ0) is 14.0. The summed E-state index contributed by atoms with van der Waals surface area (Å²) in [5.74, 6) is -1.57. The molecular weight excluding hydrogens is 244 g/mol. The standard InChI is InChI=1S/C14H18N2O3/c1-8-9(4-2-6-11(8)15)13(17)16-12-7-3-5-10(12)14(18)19/h2,4,6,10,12H,3,5,7,15H2,1H3,(H,16,17)(H,18,19). The van der Waals surface area contributed by atoms with Gasteiger partial charge in [-0.2, -0.15) is 0 Å². The minimum Gasteiger partial charge on any atom is -0.481 e. The summed E-state index contributed by atoms with van der Waals surface area (Å²) in [6.07, 6.45) is 2.16. The third-order valence-corrected chi connectivity index (χ3v) is 3.77. The predicted molar refractivity (Wildman–Crippen MR) is 71.8 cm³/mol. The summed E-state index contributed by atoms with van der Waals surface area (Å²) in [5, 5.41) is 11.9. The summed E-state index contributed by atoms with van der Waals surface area (Å²) in [6, 6.07) is 4.87. The van der Waals surface area contributed by atoms with Gasteiger partial charge in [0.2, 0.25) is 0 Å². The summed E-state index contributed by atoms with van der Waals surface area (Å²) >= 11 is 0. The fourth-order valence-corrected chi connectivity index (χ4v) is 2.57. The molecule has 1 aromatic carbocycles. The summed E-state index contributed by atoms with van der Waals surface area (Å²) in [6.45, 7) is 1.79. The Bertz CT molecular complexity index is 513. The van der Waals surface area contributed by atoms with E-state index < -0.39 is 11.9 Å². The Kier molecular flexibility index (Phi) is 3.74. The van der Waals surface area contributed by atoms with Crippen molar-refractivity contribution in [2.75, 3.05) is 5.73 Å². The van der Waals surface area contributed by atoms with Crippen molar-refractivity contribution in [3.8, 4) is 0 Å². The second kappa shape index (κ2) is 5.30. The monoisotopic (exact) mass is 262 g/mol. The van der Waals surface area contributed by atoms with Crippen molar-refractivity contribution in [3.63, 3.8) is 0 Å². The molecule has 19 heavy (non-hydrogen) atoms. The predicted octanol–water partition coefficient (Wildman–Crippen LogP) is 1.56. The molecule has 1 saturated carbocycles. The van der Waals surface area contributed by atoms with Crippen LogP contribution in [0.5, 0.6) is 0 Å². The Hall–Kier alpha value is -2.04. The third-order valence-electron chi connectivity index (χ3n) is 3.77. The van der Waals surface area contributed by atoms with E-state index >= 15 is 0 Å². The Morgan fingerprint density at radius 1 is 1.37 bits per heavy atom. The van der Waals surface area contributed by atoms with Gasteiger partial charge in [-0.05, 0) is 37.5 Å². The molecule has 2 atom stereocenters. The van der Waals surface area contributed by atoms with Crippen LogP contribution in [0.3, 0.4) is 0 Å². The number of nitrogen functional groups attached to an aromatic ring is 1. The minimum atomic E-state index is -0.841. The van der Waals surface area contributed by atoms with Gasteiger partial charge in [-0.1, -0.05) is 12.5 Å². The number of carbonyl (C=O) groups excluding carboxylic acids is 1. The Labute approximate surface area is 111 Å². The van der Waals surface area contributed by atoms with E-state index in [9.17, 15) is 9.59 Å². The molecule has 0 saturated heterocycles. The van der Waals surface area contributed by atoms with Gasteiger partial charge in [0.1, 0.15) is 0 Å². The van der Waals surface area contributed by atoms with Gasteiger partial charge in [0.05, 0.1) is 5.92 Å². The van der Waals surface area contributed by atoms with E-state index in [1.807, 2.05) is 0 Å². The van der Waals surface area contributed by atoms with E-state index in [4.69, 9.17) is 10.8 Å². The fourth-order valence-electron chi connectivity index (χ4n) is 2.57. The van der Waals surface area contributed by atoms with Gasteiger partial charge in [-0.25, -0.2) is 0 Å². The number of benzene rings is 1. The first kappa shape index (κ1) is 13.4. The molecule has 4 N–H and O–H groups in total. The van der Waals surface area contributed by atoms with Gasteiger partial charge in [-0.3, -0.25) is 9.59 Å². The zero-order valence-electron chi connectivity index (χ0n) is 10.8. The largest absolute Gasteiger partial charge is 0.481 e. The Balaban J connectivity index is 2.13. The van der Waals surface area contributed by atoms with Gasteiger partial charge in [0.15, 0.2) is 0 Å². The van der Waals surface area contributed by atoms with Gasteiger partial charge in [-0.15, -0.1) is 0 Å². The number of carbonyl (C=O) groups is 2. The van der Waals surface area contributed by atoms with Crippen molar-refractivity contribution in [1.82, 2.24) is 5.32 Å². The highest BCUT2D eigenvalue weighted by Gasteiger charge is 2.34. The maximum Gasteiger partial charge on any atom is 0.308 e. The molecule has 0 aromatic heterocycles. The van der Waals surface area contributed by atoms with Crippen molar-refractivity contribution in [1.29, 1.82) is 0 Å². The van der Waals surface area contributed by atoms with Crippen LogP contribution < -0.4 is 11.1 Å². The SMILES string of the molecule is Cc1c(N)cccc1C(=O)NC1CCCC1C(=O)O. The van der Waals surface area contributed by atoms with Crippen LogP contribution in [-0.2, 0) is 4.79 Å². The molecule has 0 aliphatic heterocycles. The molecule has 1 aliphatic carbocycles. The average molecular weight is 262 g/mol.